The Hall–Kier alpha value is -0.180. The molecule has 0 bridgehead atoms. The highest BCUT2D eigenvalue weighted by Crippen LogP contribution is 2.24. The van der Waals surface area contributed by atoms with Gasteiger partial charge < -0.3 is 0 Å². The van der Waals surface area contributed by atoms with Gasteiger partial charge in [0.1, 0.15) is 0 Å². The first-order chi connectivity index (χ1) is 11.9. The predicted octanol–water partition coefficient (Wildman–Crippen LogP) is 3.86. The number of hydrogen-bond acceptors (Lipinski definition) is 6. The van der Waals surface area contributed by atoms with E-state index < -0.39 is 37.5 Å². The Balaban J connectivity index is 1.87. The standard InChI is InChI=1S/C17H32O6S2/c18-24(19,22-16-11-7-3-1-4-8-12-16)15-25(20,21)23-17-13-9-5-2-6-10-14-17/h16-17H,1-15H2. The van der Waals surface area contributed by atoms with E-state index in [1.165, 1.54) is 12.8 Å². The Bertz CT molecular complexity index is 516. The number of rotatable bonds is 6. The predicted molar refractivity (Wildman–Crippen MR) is 97.1 cm³/mol. The van der Waals surface area contributed by atoms with E-state index in [1.807, 2.05) is 0 Å². The van der Waals surface area contributed by atoms with Gasteiger partial charge in [0.05, 0.1) is 12.2 Å². The van der Waals surface area contributed by atoms with Gasteiger partial charge >= 0.3 is 0 Å². The van der Waals surface area contributed by atoms with Gasteiger partial charge in [-0.1, -0.05) is 64.2 Å². The largest absolute Gasteiger partial charge is 0.284 e. The first-order valence-electron chi connectivity index (χ1n) is 9.68. The van der Waals surface area contributed by atoms with Crippen LogP contribution in [0, 0.1) is 0 Å². The van der Waals surface area contributed by atoms with Crippen molar-refractivity contribution in [2.45, 2.75) is 102 Å². The molecule has 6 nitrogen and oxygen atoms in total. The van der Waals surface area contributed by atoms with E-state index in [-0.39, 0.29) is 0 Å². The smallest absolute Gasteiger partial charge is 0.266 e. The summed E-state index contributed by atoms with van der Waals surface area (Å²) in [5.74, 6) is 0. The van der Waals surface area contributed by atoms with Gasteiger partial charge in [0.15, 0.2) is 0 Å². The summed E-state index contributed by atoms with van der Waals surface area (Å²) in [6.07, 6.45) is 12.2. The Labute approximate surface area is 152 Å². The van der Waals surface area contributed by atoms with E-state index >= 15 is 0 Å². The Morgan fingerprint density at radius 3 is 1.12 bits per heavy atom. The van der Waals surface area contributed by atoms with Crippen LogP contribution < -0.4 is 0 Å². The summed E-state index contributed by atoms with van der Waals surface area (Å²) in [4.78, 5) is 0. The minimum absolute atomic E-state index is 0.401. The Morgan fingerprint density at radius 2 is 0.800 bits per heavy atom. The molecule has 0 aliphatic heterocycles. The average molecular weight is 397 g/mol. The van der Waals surface area contributed by atoms with Crippen LogP contribution in [0.5, 0.6) is 0 Å². The van der Waals surface area contributed by atoms with Crippen molar-refractivity contribution in [1.29, 1.82) is 0 Å². The summed E-state index contributed by atoms with van der Waals surface area (Å²) in [6, 6.07) is 0. The SMILES string of the molecule is O=S(=O)(CS(=O)(=O)OC1CCCCCCC1)OC1CCCCCCC1. The molecular formula is C17H32O6S2. The Kier molecular flexibility index (Phi) is 8.64. The van der Waals surface area contributed by atoms with Gasteiger partial charge in [-0.2, -0.15) is 16.8 Å². The topological polar surface area (TPSA) is 86.7 Å². The van der Waals surface area contributed by atoms with Gasteiger partial charge in [-0.15, -0.1) is 0 Å². The van der Waals surface area contributed by atoms with Crippen molar-refractivity contribution in [3.8, 4) is 0 Å². The molecule has 0 atom stereocenters. The van der Waals surface area contributed by atoms with E-state index in [4.69, 9.17) is 8.37 Å². The van der Waals surface area contributed by atoms with Crippen molar-refractivity contribution < 1.29 is 25.2 Å². The van der Waals surface area contributed by atoms with Crippen molar-refractivity contribution in [3.05, 3.63) is 0 Å². The second-order valence-corrected chi connectivity index (χ2v) is 10.9. The summed E-state index contributed by atoms with van der Waals surface area (Å²) in [6.45, 7) is 0. The highest BCUT2D eigenvalue weighted by atomic mass is 32.3. The maximum Gasteiger partial charge on any atom is 0.284 e. The molecule has 0 aromatic carbocycles. The molecule has 25 heavy (non-hydrogen) atoms. The molecule has 0 saturated heterocycles. The molecule has 0 N–H and O–H groups in total. The van der Waals surface area contributed by atoms with Crippen LogP contribution in [-0.4, -0.2) is 34.1 Å². The summed E-state index contributed by atoms with van der Waals surface area (Å²) in [5, 5.41) is -1.08. The molecule has 0 aromatic rings. The van der Waals surface area contributed by atoms with E-state index in [0.29, 0.717) is 25.7 Å². The van der Waals surface area contributed by atoms with Crippen LogP contribution in [-0.2, 0) is 28.6 Å². The van der Waals surface area contributed by atoms with Crippen LogP contribution in [0.2, 0.25) is 0 Å². The third-order valence-corrected chi connectivity index (χ3v) is 8.40. The molecule has 2 aliphatic rings. The minimum atomic E-state index is -4.15. The lowest BCUT2D eigenvalue weighted by molar-refractivity contribution is 0.169. The molecule has 0 unspecified atom stereocenters. The fraction of sp³-hybridized carbons (Fsp3) is 1.00. The lowest BCUT2D eigenvalue weighted by Gasteiger charge is -2.21. The van der Waals surface area contributed by atoms with Gasteiger partial charge in [-0.05, 0) is 25.7 Å². The summed E-state index contributed by atoms with van der Waals surface area (Å²) in [7, 11) is -8.29. The average Bonchev–Trinajstić information content (AvgIpc) is 2.43. The Morgan fingerprint density at radius 1 is 0.520 bits per heavy atom. The van der Waals surface area contributed by atoms with Crippen LogP contribution >= 0.6 is 0 Å². The van der Waals surface area contributed by atoms with Crippen LogP contribution in [0.1, 0.15) is 89.9 Å². The van der Waals surface area contributed by atoms with E-state index in [1.54, 1.807) is 0 Å². The molecule has 2 rings (SSSR count). The molecule has 0 radical (unpaired) electrons. The highest BCUT2D eigenvalue weighted by Gasteiger charge is 2.30. The zero-order chi connectivity index (χ0) is 18.2. The first-order valence-corrected chi connectivity index (χ1v) is 12.8. The molecule has 0 amide bonds. The van der Waals surface area contributed by atoms with E-state index in [0.717, 1.165) is 51.4 Å². The maximum absolute atomic E-state index is 12.2. The van der Waals surface area contributed by atoms with Crippen LogP contribution in [0.3, 0.4) is 0 Å². The first kappa shape index (κ1) is 21.1. The molecule has 2 saturated carbocycles. The van der Waals surface area contributed by atoms with E-state index in [9.17, 15) is 16.8 Å². The molecular weight excluding hydrogens is 364 g/mol. The summed E-state index contributed by atoms with van der Waals surface area (Å²) in [5.41, 5.74) is 0. The zero-order valence-electron chi connectivity index (χ0n) is 15.0. The fourth-order valence-corrected chi connectivity index (χ4v) is 6.75. The van der Waals surface area contributed by atoms with Gasteiger partial charge in [-0.25, -0.2) is 0 Å². The molecule has 0 heterocycles. The third kappa shape index (κ3) is 8.84. The van der Waals surface area contributed by atoms with Crippen LogP contribution in [0.25, 0.3) is 0 Å². The second-order valence-electron chi connectivity index (χ2n) is 7.36. The summed E-state index contributed by atoms with van der Waals surface area (Å²) >= 11 is 0. The molecule has 148 valence electrons. The molecule has 0 aromatic heterocycles. The minimum Gasteiger partial charge on any atom is -0.266 e. The lowest BCUT2D eigenvalue weighted by atomic mass is 9.99. The number of hydrogen-bond donors (Lipinski definition) is 0. The van der Waals surface area contributed by atoms with Crippen LogP contribution in [0.4, 0.5) is 0 Å². The second kappa shape index (κ2) is 10.2. The van der Waals surface area contributed by atoms with Crippen molar-refractivity contribution in [3.63, 3.8) is 0 Å². The van der Waals surface area contributed by atoms with Crippen LogP contribution in [0.15, 0.2) is 0 Å². The lowest BCUT2D eigenvalue weighted by Crippen LogP contribution is -2.28. The van der Waals surface area contributed by atoms with Gasteiger partial charge in [-0.3, -0.25) is 8.37 Å². The van der Waals surface area contributed by atoms with Gasteiger partial charge in [0, 0.05) is 0 Å². The zero-order valence-corrected chi connectivity index (χ0v) is 16.7. The van der Waals surface area contributed by atoms with Gasteiger partial charge in [0.25, 0.3) is 20.2 Å². The fourth-order valence-electron chi connectivity index (χ4n) is 3.68. The monoisotopic (exact) mass is 396 g/mol. The highest BCUT2D eigenvalue weighted by molar-refractivity contribution is 8.03. The van der Waals surface area contributed by atoms with Crippen molar-refractivity contribution in [2.24, 2.45) is 0 Å². The van der Waals surface area contributed by atoms with Crippen molar-refractivity contribution >= 4 is 20.2 Å². The van der Waals surface area contributed by atoms with E-state index in [2.05, 4.69) is 0 Å². The normalized spacial score (nSPS) is 23.4. The van der Waals surface area contributed by atoms with Gasteiger partial charge in [0.2, 0.25) is 5.08 Å². The molecule has 0 spiro atoms. The quantitative estimate of drug-likeness (QED) is 0.634. The molecule has 2 fully saturated rings. The molecule has 2 aliphatic carbocycles. The summed E-state index contributed by atoms with van der Waals surface area (Å²) < 4.78 is 59.2. The molecule has 8 heteroatoms. The van der Waals surface area contributed by atoms with Crippen molar-refractivity contribution in [2.75, 3.05) is 5.08 Å². The van der Waals surface area contributed by atoms with Crippen molar-refractivity contribution in [1.82, 2.24) is 0 Å². The third-order valence-electron chi connectivity index (χ3n) is 4.96. The maximum atomic E-state index is 12.2.